The van der Waals surface area contributed by atoms with E-state index in [4.69, 9.17) is 11.6 Å². The second-order valence-electron chi connectivity index (χ2n) is 3.61. The monoisotopic (exact) mass is 314 g/mol. The number of rotatable bonds is 2. The van der Waals surface area contributed by atoms with Crippen molar-refractivity contribution in [1.29, 1.82) is 0 Å². The van der Waals surface area contributed by atoms with Crippen LogP contribution >= 0.6 is 24.0 Å². The van der Waals surface area contributed by atoms with Gasteiger partial charge in [0.25, 0.3) is 0 Å². The highest BCUT2D eigenvalue weighted by molar-refractivity contribution is 6.63. The van der Waals surface area contributed by atoms with E-state index in [1.165, 1.54) is 20.0 Å². The molecule has 0 radical (unpaired) electrons. The largest absolute Gasteiger partial charge is 0.416 e. The molecule has 0 saturated carbocycles. The number of aryl methyl sites for hydroxylation is 1. The van der Waals surface area contributed by atoms with Gasteiger partial charge in [0.05, 0.1) is 17.6 Å². The van der Waals surface area contributed by atoms with Crippen molar-refractivity contribution >= 4 is 41.4 Å². The topological polar surface area (TPSA) is 32.7 Å². The molecule has 0 bridgehead atoms. The summed E-state index contributed by atoms with van der Waals surface area (Å²) in [7, 11) is 1.39. The van der Waals surface area contributed by atoms with E-state index in [1.54, 1.807) is 0 Å². The molecule has 0 saturated heterocycles. The van der Waals surface area contributed by atoms with Gasteiger partial charge in [-0.05, 0) is 42.3 Å². The highest BCUT2D eigenvalue weighted by Gasteiger charge is 2.30. The smallest absolute Gasteiger partial charge is 0.292 e. The quantitative estimate of drug-likeness (QED) is 0.345. The fourth-order valence-corrected chi connectivity index (χ4v) is 1.21. The molecule has 1 rings (SSSR count). The molecule has 1 aromatic rings. The minimum Gasteiger partial charge on any atom is -0.292 e. The third-order valence-electron chi connectivity index (χ3n) is 2.17. The SMILES string of the molecule is Cc1cc(C(F)(F)F)ccc1N=CN(C)C(=O)Cl.Cl. The Labute approximate surface area is 119 Å². The molecule has 1 amide bonds. The average Bonchev–Trinajstić information content (AvgIpc) is 2.25. The molecule has 0 unspecified atom stereocenters. The number of hydrogen-bond donors (Lipinski definition) is 0. The van der Waals surface area contributed by atoms with E-state index in [2.05, 4.69) is 4.99 Å². The number of halogens is 5. The molecule has 19 heavy (non-hydrogen) atoms. The molecule has 0 aromatic heterocycles. The van der Waals surface area contributed by atoms with Crippen LogP contribution in [0.25, 0.3) is 0 Å². The second kappa shape index (κ2) is 6.77. The zero-order chi connectivity index (χ0) is 13.9. The normalized spacial score (nSPS) is 11.3. The molecule has 106 valence electrons. The lowest BCUT2D eigenvalue weighted by Gasteiger charge is -2.09. The summed E-state index contributed by atoms with van der Waals surface area (Å²) in [6.07, 6.45) is -3.24. The van der Waals surface area contributed by atoms with Crippen LogP contribution in [0.4, 0.5) is 23.7 Å². The van der Waals surface area contributed by atoms with Gasteiger partial charge < -0.3 is 0 Å². The highest BCUT2D eigenvalue weighted by Crippen LogP contribution is 2.32. The van der Waals surface area contributed by atoms with Crippen LogP contribution in [0.5, 0.6) is 0 Å². The summed E-state index contributed by atoms with van der Waals surface area (Å²) in [5, 5.41) is -0.733. The molecule has 3 nitrogen and oxygen atoms in total. The molecule has 0 aliphatic heterocycles. The molecule has 0 fully saturated rings. The number of amides is 1. The molecule has 8 heteroatoms. The minimum absolute atomic E-state index is 0. The molecule has 0 aliphatic carbocycles. The van der Waals surface area contributed by atoms with Crippen LogP contribution in [0.2, 0.25) is 0 Å². The van der Waals surface area contributed by atoms with Crippen LogP contribution in [0.1, 0.15) is 11.1 Å². The predicted octanol–water partition coefficient (Wildman–Crippen LogP) is 4.39. The molecule has 0 atom stereocenters. The van der Waals surface area contributed by atoms with Crippen LogP contribution < -0.4 is 0 Å². The Balaban J connectivity index is 0.00000324. The lowest BCUT2D eigenvalue weighted by molar-refractivity contribution is -0.137. The van der Waals surface area contributed by atoms with Gasteiger partial charge in [0, 0.05) is 7.05 Å². The maximum Gasteiger partial charge on any atom is 0.416 e. The van der Waals surface area contributed by atoms with Crippen molar-refractivity contribution < 1.29 is 18.0 Å². The Hall–Kier alpha value is -1.27. The van der Waals surface area contributed by atoms with Crippen molar-refractivity contribution in [3.63, 3.8) is 0 Å². The zero-order valence-corrected chi connectivity index (χ0v) is 11.6. The van der Waals surface area contributed by atoms with Crippen LogP contribution in [0.3, 0.4) is 0 Å². The van der Waals surface area contributed by atoms with E-state index in [0.29, 0.717) is 11.3 Å². The Morgan fingerprint density at radius 3 is 2.42 bits per heavy atom. The summed E-state index contributed by atoms with van der Waals surface area (Å²) in [5.41, 5.74) is -0.0370. The predicted molar refractivity (Wildman–Crippen MR) is 70.6 cm³/mol. The molecule has 1 aromatic carbocycles. The number of nitrogens with zero attached hydrogens (tertiary/aromatic N) is 2. The van der Waals surface area contributed by atoms with E-state index >= 15 is 0 Å². The summed E-state index contributed by atoms with van der Waals surface area (Å²) in [4.78, 5) is 15.6. The lowest BCUT2D eigenvalue weighted by Crippen LogP contribution is -2.18. The number of aliphatic imine (C=N–C) groups is 1. The van der Waals surface area contributed by atoms with Crippen molar-refractivity contribution in [2.24, 2.45) is 4.99 Å². The highest BCUT2D eigenvalue weighted by atomic mass is 35.5. The standard InChI is InChI=1S/C11H10ClF3N2O.ClH/c1-7-5-8(11(13,14)15)3-4-9(7)16-6-17(2)10(12)18;/h3-6H,1-2H3;1H. The first kappa shape index (κ1) is 17.7. The van der Waals surface area contributed by atoms with Gasteiger partial charge in [0.2, 0.25) is 0 Å². The second-order valence-corrected chi connectivity index (χ2v) is 3.93. The van der Waals surface area contributed by atoms with Gasteiger partial charge in [-0.15, -0.1) is 12.4 Å². The van der Waals surface area contributed by atoms with E-state index in [-0.39, 0.29) is 12.4 Å². The van der Waals surface area contributed by atoms with Gasteiger partial charge in [0.1, 0.15) is 0 Å². The lowest BCUT2D eigenvalue weighted by atomic mass is 10.1. The van der Waals surface area contributed by atoms with E-state index in [0.717, 1.165) is 23.4 Å². The maximum absolute atomic E-state index is 12.4. The summed E-state index contributed by atoms with van der Waals surface area (Å²) in [6, 6.07) is 3.17. The van der Waals surface area contributed by atoms with E-state index in [9.17, 15) is 18.0 Å². The molecule has 0 heterocycles. The minimum atomic E-state index is -4.38. The Bertz CT molecular complexity index is 489. The van der Waals surface area contributed by atoms with Gasteiger partial charge in [-0.2, -0.15) is 13.2 Å². The molecular weight excluding hydrogens is 304 g/mol. The number of alkyl halides is 3. The van der Waals surface area contributed by atoms with Crippen LogP contribution in [0, 0.1) is 6.92 Å². The maximum atomic E-state index is 12.4. The third kappa shape index (κ3) is 5.08. The number of hydrogen-bond acceptors (Lipinski definition) is 2. The van der Waals surface area contributed by atoms with Crippen molar-refractivity contribution in [1.82, 2.24) is 4.90 Å². The van der Waals surface area contributed by atoms with Crippen molar-refractivity contribution in [3.05, 3.63) is 29.3 Å². The fraction of sp³-hybridized carbons (Fsp3) is 0.273. The first-order valence-electron chi connectivity index (χ1n) is 4.86. The van der Waals surface area contributed by atoms with E-state index < -0.39 is 17.1 Å². The summed E-state index contributed by atoms with van der Waals surface area (Å²) < 4.78 is 37.2. The van der Waals surface area contributed by atoms with Gasteiger partial charge >= 0.3 is 11.5 Å². The molecule has 0 aliphatic rings. The summed E-state index contributed by atoms with van der Waals surface area (Å²) in [5.74, 6) is 0. The van der Waals surface area contributed by atoms with Gasteiger partial charge in [-0.3, -0.25) is 9.69 Å². The average molecular weight is 315 g/mol. The summed E-state index contributed by atoms with van der Waals surface area (Å²) >= 11 is 5.17. The van der Waals surface area contributed by atoms with Gasteiger partial charge in [-0.25, -0.2) is 4.99 Å². The van der Waals surface area contributed by atoms with Crippen LogP contribution in [-0.4, -0.2) is 23.7 Å². The molecule has 0 N–H and O–H groups in total. The van der Waals surface area contributed by atoms with Crippen molar-refractivity contribution in [2.45, 2.75) is 13.1 Å². The number of benzene rings is 1. The van der Waals surface area contributed by atoms with Gasteiger partial charge in [0.15, 0.2) is 0 Å². The Kier molecular flexibility index (Phi) is 6.32. The first-order valence-corrected chi connectivity index (χ1v) is 5.24. The van der Waals surface area contributed by atoms with Crippen molar-refractivity contribution in [3.8, 4) is 0 Å². The summed E-state index contributed by atoms with van der Waals surface area (Å²) in [6.45, 7) is 1.50. The van der Waals surface area contributed by atoms with Crippen LogP contribution in [-0.2, 0) is 6.18 Å². The Morgan fingerprint density at radius 1 is 1.42 bits per heavy atom. The Morgan fingerprint density at radius 2 is 2.00 bits per heavy atom. The van der Waals surface area contributed by atoms with Crippen molar-refractivity contribution in [2.75, 3.05) is 7.05 Å². The first-order chi connectivity index (χ1) is 8.21. The third-order valence-corrected chi connectivity index (χ3v) is 2.44. The molecule has 0 spiro atoms. The number of carbonyl (C=O) groups is 1. The number of carbonyl (C=O) groups excluding carboxylic acids is 1. The zero-order valence-electron chi connectivity index (χ0n) is 10.0. The molecular formula is C11H11Cl2F3N2O. The fourth-order valence-electron chi connectivity index (χ4n) is 1.17. The van der Waals surface area contributed by atoms with E-state index in [1.807, 2.05) is 0 Å². The van der Waals surface area contributed by atoms with Crippen LogP contribution in [0.15, 0.2) is 23.2 Å². The van der Waals surface area contributed by atoms with Gasteiger partial charge in [-0.1, -0.05) is 0 Å².